The predicted molar refractivity (Wildman–Crippen MR) is 108 cm³/mol. The second kappa shape index (κ2) is 9.91. The minimum absolute atomic E-state index is 0.164. The fraction of sp³-hybridized carbons (Fsp3) is 0.250. The Morgan fingerprint density at radius 3 is 2.32 bits per heavy atom. The summed E-state index contributed by atoms with van der Waals surface area (Å²) in [5, 5.41) is 2.47. The van der Waals surface area contributed by atoms with Crippen LogP contribution >= 0.6 is 0 Å². The van der Waals surface area contributed by atoms with E-state index in [4.69, 9.17) is 9.47 Å². The molecule has 2 N–H and O–H groups in total. The van der Waals surface area contributed by atoms with Crippen molar-refractivity contribution >= 4 is 22.0 Å². The maximum atomic E-state index is 12.4. The maximum absolute atomic E-state index is 12.4. The quantitative estimate of drug-likeness (QED) is 0.624. The van der Waals surface area contributed by atoms with Crippen molar-refractivity contribution < 1.29 is 22.7 Å². The van der Waals surface area contributed by atoms with Crippen LogP contribution in [0.15, 0.2) is 53.4 Å². The summed E-state index contributed by atoms with van der Waals surface area (Å²) in [6.45, 7) is 0.246. The van der Waals surface area contributed by atoms with Gasteiger partial charge in [-0.25, -0.2) is 13.1 Å². The van der Waals surface area contributed by atoms with Gasteiger partial charge in [-0.05, 0) is 47.9 Å². The lowest BCUT2D eigenvalue weighted by Gasteiger charge is -2.10. The summed E-state index contributed by atoms with van der Waals surface area (Å²) in [6.07, 6.45) is 3.50. The number of nitrogens with one attached hydrogen (secondary N) is 2. The number of hydrogen-bond acceptors (Lipinski definition) is 5. The van der Waals surface area contributed by atoms with Crippen LogP contribution < -0.4 is 19.5 Å². The predicted octanol–water partition coefficient (Wildman–Crippen LogP) is 1.98. The van der Waals surface area contributed by atoms with Gasteiger partial charge in [-0.1, -0.05) is 18.2 Å². The fourth-order valence-corrected chi connectivity index (χ4v) is 3.49. The SMILES string of the molecule is CNC(=O)/C=C/c1ccc(S(=O)(=O)NCCc2ccc(OC)c(OC)c2)cc1. The van der Waals surface area contributed by atoms with Crippen LogP contribution in [0.1, 0.15) is 11.1 Å². The largest absolute Gasteiger partial charge is 0.493 e. The molecular weight excluding hydrogens is 380 g/mol. The summed E-state index contributed by atoms with van der Waals surface area (Å²) < 4.78 is 37.9. The monoisotopic (exact) mass is 404 g/mol. The highest BCUT2D eigenvalue weighted by Crippen LogP contribution is 2.27. The van der Waals surface area contributed by atoms with Gasteiger partial charge in [0.2, 0.25) is 15.9 Å². The van der Waals surface area contributed by atoms with Gasteiger partial charge < -0.3 is 14.8 Å². The lowest BCUT2D eigenvalue weighted by Crippen LogP contribution is -2.26. The fourth-order valence-electron chi connectivity index (χ4n) is 2.46. The first-order chi connectivity index (χ1) is 13.4. The number of hydrogen-bond donors (Lipinski definition) is 2. The van der Waals surface area contributed by atoms with E-state index in [2.05, 4.69) is 10.0 Å². The Kier molecular flexibility index (Phi) is 7.60. The van der Waals surface area contributed by atoms with Crippen molar-refractivity contribution in [1.82, 2.24) is 10.0 Å². The lowest BCUT2D eigenvalue weighted by atomic mass is 10.1. The van der Waals surface area contributed by atoms with E-state index in [0.29, 0.717) is 17.9 Å². The van der Waals surface area contributed by atoms with Crippen LogP contribution in [0.3, 0.4) is 0 Å². The minimum atomic E-state index is -3.62. The Morgan fingerprint density at radius 2 is 1.71 bits per heavy atom. The van der Waals surface area contributed by atoms with Gasteiger partial charge in [-0.2, -0.15) is 0 Å². The molecule has 28 heavy (non-hydrogen) atoms. The van der Waals surface area contributed by atoms with Crippen molar-refractivity contribution in [3.8, 4) is 11.5 Å². The highest BCUT2D eigenvalue weighted by molar-refractivity contribution is 7.89. The van der Waals surface area contributed by atoms with Crippen molar-refractivity contribution in [2.45, 2.75) is 11.3 Å². The second-order valence-electron chi connectivity index (χ2n) is 5.85. The molecule has 0 aliphatic carbocycles. The zero-order valence-corrected chi connectivity index (χ0v) is 16.9. The van der Waals surface area contributed by atoms with Crippen molar-refractivity contribution in [3.05, 3.63) is 59.7 Å². The summed E-state index contributed by atoms with van der Waals surface area (Å²) in [4.78, 5) is 11.4. The highest BCUT2D eigenvalue weighted by atomic mass is 32.2. The number of methoxy groups -OCH3 is 2. The number of amides is 1. The molecular formula is C20H24N2O5S. The number of carbonyl (C=O) groups excluding carboxylic acids is 1. The molecule has 0 radical (unpaired) electrons. The summed E-state index contributed by atoms with van der Waals surface area (Å²) >= 11 is 0. The average molecular weight is 404 g/mol. The Labute approximate surface area is 165 Å². The molecule has 0 heterocycles. The topological polar surface area (TPSA) is 93.7 Å². The highest BCUT2D eigenvalue weighted by Gasteiger charge is 2.13. The van der Waals surface area contributed by atoms with Crippen molar-refractivity contribution in [3.63, 3.8) is 0 Å². The van der Waals surface area contributed by atoms with Gasteiger partial charge in [0.05, 0.1) is 19.1 Å². The maximum Gasteiger partial charge on any atom is 0.243 e. The zero-order valence-electron chi connectivity index (χ0n) is 16.1. The van der Waals surface area contributed by atoms with Crippen LogP contribution in [0.25, 0.3) is 6.08 Å². The third kappa shape index (κ3) is 5.83. The Morgan fingerprint density at radius 1 is 1.04 bits per heavy atom. The smallest absolute Gasteiger partial charge is 0.243 e. The Balaban J connectivity index is 1.98. The van der Waals surface area contributed by atoms with Crippen LogP contribution in [0.4, 0.5) is 0 Å². The molecule has 8 heteroatoms. The molecule has 0 saturated heterocycles. The molecule has 0 fully saturated rings. The van der Waals surface area contributed by atoms with E-state index in [0.717, 1.165) is 11.1 Å². The van der Waals surface area contributed by atoms with Crippen molar-refractivity contribution in [1.29, 1.82) is 0 Å². The molecule has 0 unspecified atom stereocenters. The molecule has 0 aromatic heterocycles. The Hall–Kier alpha value is -2.84. The molecule has 0 aliphatic rings. The summed E-state index contributed by atoms with van der Waals surface area (Å²) in [6, 6.07) is 11.8. The molecule has 0 bridgehead atoms. The van der Waals surface area contributed by atoms with E-state index in [1.165, 1.54) is 25.3 Å². The van der Waals surface area contributed by atoms with Crippen LogP contribution in [0.5, 0.6) is 11.5 Å². The first-order valence-electron chi connectivity index (χ1n) is 8.60. The summed E-state index contributed by atoms with van der Waals surface area (Å²) in [5.41, 5.74) is 1.66. The molecule has 0 saturated carbocycles. The average Bonchev–Trinajstić information content (AvgIpc) is 2.72. The van der Waals surface area contributed by atoms with Crippen LogP contribution in [-0.4, -0.2) is 42.1 Å². The van der Waals surface area contributed by atoms with E-state index in [9.17, 15) is 13.2 Å². The molecule has 150 valence electrons. The van der Waals surface area contributed by atoms with E-state index in [1.807, 2.05) is 12.1 Å². The number of rotatable bonds is 9. The number of ether oxygens (including phenoxy) is 2. The van der Waals surface area contributed by atoms with Gasteiger partial charge in [0.25, 0.3) is 0 Å². The van der Waals surface area contributed by atoms with E-state index < -0.39 is 10.0 Å². The van der Waals surface area contributed by atoms with Gasteiger partial charge in [0.1, 0.15) is 0 Å². The van der Waals surface area contributed by atoms with Crippen molar-refractivity contribution in [2.24, 2.45) is 0 Å². The van der Waals surface area contributed by atoms with E-state index in [1.54, 1.807) is 38.5 Å². The molecule has 2 aromatic rings. The van der Waals surface area contributed by atoms with Gasteiger partial charge >= 0.3 is 0 Å². The number of benzene rings is 2. The van der Waals surface area contributed by atoms with Crippen molar-refractivity contribution in [2.75, 3.05) is 27.8 Å². The molecule has 0 atom stereocenters. The summed E-state index contributed by atoms with van der Waals surface area (Å²) in [5.74, 6) is 0.995. The number of sulfonamides is 1. The van der Waals surface area contributed by atoms with Crippen LogP contribution in [0.2, 0.25) is 0 Å². The summed E-state index contributed by atoms with van der Waals surface area (Å²) in [7, 11) is 1.03. The van der Waals surface area contributed by atoms with Gasteiger partial charge in [-0.15, -0.1) is 0 Å². The number of carbonyl (C=O) groups is 1. The minimum Gasteiger partial charge on any atom is -0.493 e. The lowest BCUT2D eigenvalue weighted by molar-refractivity contribution is -0.115. The number of likely N-dealkylation sites (N-methyl/N-ethyl adjacent to an activating group) is 1. The molecule has 0 spiro atoms. The first kappa shape index (κ1) is 21.5. The van der Waals surface area contributed by atoms with Gasteiger partial charge in [-0.3, -0.25) is 4.79 Å². The molecule has 1 amide bonds. The molecule has 7 nitrogen and oxygen atoms in total. The second-order valence-corrected chi connectivity index (χ2v) is 7.62. The van der Waals surface area contributed by atoms with Gasteiger partial charge in [0, 0.05) is 19.7 Å². The Bertz CT molecular complexity index is 938. The van der Waals surface area contributed by atoms with E-state index in [-0.39, 0.29) is 17.3 Å². The standard InChI is InChI=1S/C20H24N2O5S/c1-21-20(23)11-7-15-4-8-17(9-5-15)28(24,25)22-13-12-16-6-10-18(26-2)19(14-16)27-3/h4-11,14,22H,12-13H2,1-3H3,(H,21,23)/b11-7+. The van der Waals surface area contributed by atoms with E-state index >= 15 is 0 Å². The molecule has 0 aliphatic heterocycles. The van der Waals surface area contributed by atoms with Gasteiger partial charge in [0.15, 0.2) is 11.5 Å². The normalized spacial score (nSPS) is 11.4. The van der Waals surface area contributed by atoms with Crippen LogP contribution in [0, 0.1) is 0 Å². The first-order valence-corrected chi connectivity index (χ1v) is 10.1. The third-order valence-electron chi connectivity index (χ3n) is 4.02. The molecule has 2 rings (SSSR count). The zero-order chi connectivity index (χ0) is 20.6. The third-order valence-corrected chi connectivity index (χ3v) is 5.49. The van der Waals surface area contributed by atoms with Crippen LogP contribution in [-0.2, 0) is 21.2 Å². The molecule has 2 aromatic carbocycles.